The van der Waals surface area contributed by atoms with Crippen molar-refractivity contribution >= 4 is 29.7 Å². The number of allylic oxidation sites excluding steroid dienone is 3. The normalized spacial score (nSPS) is 10.5. The standard InChI is InChI=1S/C7H8O2.C6H5N3O5.C6H8N2O2.CH3NO/c1-9-7(8)6-4-2-3-5-6;7-14-6-2-1-4(8(10)11)3-5(6)9(12)13;1-10-6(9)5-3-2-4-8(5)7;2-1-3/h2-4H,5H2,1H3;1-3H,7H2;2-4H,7H2,1H3;1H,(H2,2,3). The topological polar surface area (TPSA) is 248 Å². The maximum Gasteiger partial charge on any atom is 0.356 e. The number of nitrogens with two attached hydrogens (primary N) is 3. The van der Waals surface area contributed by atoms with E-state index >= 15 is 0 Å². The highest BCUT2D eigenvalue weighted by atomic mass is 16.6. The summed E-state index contributed by atoms with van der Waals surface area (Å²) in [7, 11) is 2.71. The van der Waals surface area contributed by atoms with Crippen molar-refractivity contribution in [2.75, 3.05) is 20.1 Å². The van der Waals surface area contributed by atoms with Gasteiger partial charge in [-0.2, -0.15) is 5.90 Å². The Morgan fingerprint density at radius 2 is 1.69 bits per heavy atom. The Morgan fingerprint density at radius 1 is 1.08 bits per heavy atom. The molecule has 0 atom stereocenters. The molecule has 1 aliphatic rings. The number of esters is 2. The van der Waals surface area contributed by atoms with Crippen LogP contribution < -0.4 is 22.3 Å². The monoisotopic (exact) mass is 508 g/mol. The van der Waals surface area contributed by atoms with Gasteiger partial charge in [-0.25, -0.2) is 9.59 Å². The number of rotatable bonds is 5. The number of hydrogen-bond donors (Lipinski definition) is 3. The lowest BCUT2D eigenvalue weighted by atomic mass is 10.2. The zero-order valence-corrected chi connectivity index (χ0v) is 19.1. The van der Waals surface area contributed by atoms with Crippen molar-refractivity contribution in [3.63, 3.8) is 0 Å². The largest absolute Gasteiger partial charge is 0.466 e. The molecule has 16 heteroatoms. The van der Waals surface area contributed by atoms with Gasteiger partial charge in [-0.05, 0) is 24.6 Å². The molecule has 0 aliphatic heterocycles. The molecular weight excluding hydrogens is 484 g/mol. The summed E-state index contributed by atoms with van der Waals surface area (Å²) in [5, 5.41) is 20.7. The van der Waals surface area contributed by atoms with E-state index < -0.39 is 27.2 Å². The number of methoxy groups -OCH3 is 2. The van der Waals surface area contributed by atoms with Crippen LogP contribution in [0.2, 0.25) is 0 Å². The van der Waals surface area contributed by atoms with Gasteiger partial charge in [0, 0.05) is 17.8 Å². The average Bonchev–Trinajstić information content (AvgIpc) is 3.56. The molecular formula is C20H24N6O10. The predicted octanol–water partition coefficient (Wildman–Crippen LogP) is 0.891. The minimum absolute atomic E-state index is 0.222. The van der Waals surface area contributed by atoms with Crippen LogP contribution in [-0.2, 0) is 19.1 Å². The number of benzene rings is 1. The molecule has 0 spiro atoms. The number of primary amides is 1. The van der Waals surface area contributed by atoms with E-state index in [0.29, 0.717) is 12.1 Å². The Morgan fingerprint density at radius 3 is 2.08 bits per heavy atom. The Labute approximate surface area is 203 Å². The molecule has 1 aromatic carbocycles. The number of nitrogen functional groups attached to an aromatic ring is 1. The number of ether oxygens (including phenoxy) is 2. The maximum atomic E-state index is 10.8. The summed E-state index contributed by atoms with van der Waals surface area (Å²) in [6, 6.07) is 6.17. The molecule has 0 bridgehead atoms. The van der Waals surface area contributed by atoms with E-state index in [0.717, 1.165) is 23.8 Å². The molecule has 16 nitrogen and oxygen atoms in total. The fourth-order valence-corrected chi connectivity index (χ4v) is 2.26. The highest BCUT2D eigenvalue weighted by molar-refractivity contribution is 5.89. The molecule has 1 amide bonds. The van der Waals surface area contributed by atoms with Crippen LogP contribution in [0.1, 0.15) is 16.9 Å². The Bertz CT molecular complexity index is 1130. The summed E-state index contributed by atoms with van der Waals surface area (Å²) in [6.07, 6.45) is 8.09. The zero-order chi connectivity index (χ0) is 27.7. The number of amides is 1. The molecule has 1 heterocycles. The number of aromatic nitrogens is 1. The van der Waals surface area contributed by atoms with Crippen molar-refractivity contribution < 1.29 is 38.5 Å². The summed E-state index contributed by atoms with van der Waals surface area (Å²) in [5.74, 6) is 9.21. The van der Waals surface area contributed by atoms with E-state index in [2.05, 4.69) is 20.0 Å². The minimum atomic E-state index is -0.810. The van der Waals surface area contributed by atoms with Crippen LogP contribution in [0, 0.1) is 20.2 Å². The lowest BCUT2D eigenvalue weighted by Gasteiger charge is -1.99. The van der Waals surface area contributed by atoms with Crippen LogP contribution >= 0.6 is 0 Å². The summed E-state index contributed by atoms with van der Waals surface area (Å²) in [6.45, 7) is 0. The molecule has 1 aromatic heterocycles. The highest BCUT2D eigenvalue weighted by Gasteiger charge is 2.20. The molecule has 2 aromatic rings. The number of non-ortho nitro benzene ring substituents is 1. The molecule has 0 fully saturated rings. The van der Waals surface area contributed by atoms with Crippen molar-refractivity contribution in [1.82, 2.24) is 4.68 Å². The van der Waals surface area contributed by atoms with Crippen LogP contribution in [0.4, 0.5) is 11.4 Å². The van der Waals surface area contributed by atoms with Crippen LogP contribution in [0.15, 0.2) is 60.3 Å². The second kappa shape index (κ2) is 16.4. The first-order valence-corrected chi connectivity index (χ1v) is 9.47. The SMILES string of the molecule is COC(=O)C1=CC=CC1.COC(=O)c1cccn1N.NC=O.NOc1ccc([N+](=O)[O-])cc1[N+](=O)[O-]. The molecule has 194 valence electrons. The van der Waals surface area contributed by atoms with Crippen molar-refractivity contribution in [1.29, 1.82) is 0 Å². The molecule has 0 saturated carbocycles. The predicted molar refractivity (Wildman–Crippen MR) is 125 cm³/mol. The van der Waals surface area contributed by atoms with Gasteiger partial charge in [0.15, 0.2) is 0 Å². The third kappa shape index (κ3) is 10.1. The van der Waals surface area contributed by atoms with Gasteiger partial charge in [0.2, 0.25) is 12.2 Å². The first-order valence-electron chi connectivity index (χ1n) is 9.47. The lowest BCUT2D eigenvalue weighted by Crippen LogP contribution is -2.15. The van der Waals surface area contributed by atoms with Crippen molar-refractivity contribution in [3.05, 3.63) is 86.3 Å². The second-order valence-electron chi connectivity index (χ2n) is 6.03. The first-order chi connectivity index (χ1) is 17.1. The van der Waals surface area contributed by atoms with Gasteiger partial charge in [-0.1, -0.05) is 18.2 Å². The smallest absolute Gasteiger partial charge is 0.356 e. The fraction of sp³-hybridized carbons (Fsp3) is 0.150. The summed E-state index contributed by atoms with van der Waals surface area (Å²) < 4.78 is 10.1. The number of carbonyl (C=O) groups is 3. The molecule has 0 radical (unpaired) electrons. The number of nitrogens with zero attached hydrogens (tertiary/aromatic N) is 3. The first kappa shape index (κ1) is 30.8. The van der Waals surface area contributed by atoms with E-state index in [-0.39, 0.29) is 18.1 Å². The van der Waals surface area contributed by atoms with Crippen molar-refractivity contribution in [3.8, 4) is 5.75 Å². The van der Waals surface area contributed by atoms with Gasteiger partial charge in [-0.15, -0.1) is 0 Å². The average molecular weight is 508 g/mol. The van der Waals surface area contributed by atoms with Crippen LogP contribution in [0.5, 0.6) is 5.75 Å². The van der Waals surface area contributed by atoms with Crippen molar-refractivity contribution in [2.24, 2.45) is 11.6 Å². The Balaban J connectivity index is 0.000000495. The third-order valence-electron chi connectivity index (χ3n) is 3.87. The van der Waals surface area contributed by atoms with E-state index in [1.807, 2.05) is 12.2 Å². The van der Waals surface area contributed by atoms with Gasteiger partial charge in [0.05, 0.1) is 30.1 Å². The van der Waals surface area contributed by atoms with Gasteiger partial charge in [-0.3, -0.25) is 29.7 Å². The Hall–Kier alpha value is -5.25. The number of nitro groups is 2. The summed E-state index contributed by atoms with van der Waals surface area (Å²) >= 11 is 0. The quantitative estimate of drug-likeness (QED) is 0.167. The van der Waals surface area contributed by atoms with Crippen LogP contribution in [0.3, 0.4) is 0 Å². The number of carbonyl (C=O) groups excluding carboxylic acids is 3. The van der Waals surface area contributed by atoms with Crippen LogP contribution in [-0.4, -0.2) is 47.1 Å². The molecule has 6 N–H and O–H groups in total. The lowest BCUT2D eigenvalue weighted by molar-refractivity contribution is -0.394. The maximum absolute atomic E-state index is 10.8. The summed E-state index contributed by atoms with van der Waals surface area (Å²) in [4.78, 5) is 53.4. The van der Waals surface area contributed by atoms with E-state index in [1.165, 1.54) is 18.9 Å². The van der Waals surface area contributed by atoms with E-state index in [4.69, 9.17) is 16.5 Å². The number of hydrogen-bond acceptors (Lipinski definition) is 12. The van der Waals surface area contributed by atoms with Gasteiger partial charge in [0.25, 0.3) is 5.69 Å². The molecule has 0 unspecified atom stereocenters. The molecule has 36 heavy (non-hydrogen) atoms. The van der Waals surface area contributed by atoms with E-state index in [1.54, 1.807) is 24.4 Å². The van der Waals surface area contributed by atoms with Gasteiger partial charge < -0.3 is 25.9 Å². The van der Waals surface area contributed by atoms with Crippen molar-refractivity contribution in [2.45, 2.75) is 6.42 Å². The molecule has 0 saturated heterocycles. The fourth-order valence-electron chi connectivity index (χ4n) is 2.26. The minimum Gasteiger partial charge on any atom is -0.466 e. The Kier molecular flexibility index (Phi) is 14.0. The van der Waals surface area contributed by atoms with Crippen LogP contribution in [0.25, 0.3) is 0 Å². The van der Waals surface area contributed by atoms with Gasteiger partial charge >= 0.3 is 17.6 Å². The van der Waals surface area contributed by atoms with Gasteiger partial charge in [0.1, 0.15) is 5.69 Å². The third-order valence-corrected chi connectivity index (χ3v) is 3.87. The van der Waals surface area contributed by atoms with E-state index in [9.17, 15) is 29.8 Å². The second-order valence-corrected chi connectivity index (χ2v) is 6.03. The molecule has 1 aliphatic carbocycles. The zero-order valence-electron chi connectivity index (χ0n) is 19.1. The number of nitro benzene ring substituents is 2. The molecule has 3 rings (SSSR count). The summed E-state index contributed by atoms with van der Waals surface area (Å²) in [5.41, 5.74) is 4.32. The highest BCUT2D eigenvalue weighted by Crippen LogP contribution is 2.29.